The van der Waals surface area contributed by atoms with E-state index in [0.717, 1.165) is 11.3 Å². The number of hydrogen-bond donors (Lipinski definition) is 0. The number of halogens is 1. The lowest BCUT2D eigenvalue weighted by Gasteiger charge is -2.02. The molecular weight excluding hydrogens is 191 g/mol. The molecule has 1 aromatic heterocycles. The molecule has 0 aliphatic heterocycles. The highest BCUT2D eigenvalue weighted by Gasteiger charge is 1.98. The Bertz CT molecular complexity index is 443. The van der Waals surface area contributed by atoms with Gasteiger partial charge in [-0.2, -0.15) is 5.10 Å². The molecule has 1 aromatic carbocycles. The molecule has 0 N–H and O–H groups in total. The lowest BCUT2D eigenvalue weighted by molar-refractivity contribution is 0.617. The van der Waals surface area contributed by atoms with Crippen molar-refractivity contribution in [1.82, 2.24) is 9.78 Å². The highest BCUT2D eigenvalue weighted by atomic mass is 19.1. The van der Waals surface area contributed by atoms with Crippen LogP contribution in [0, 0.1) is 0 Å². The Morgan fingerprint density at radius 3 is 2.60 bits per heavy atom. The highest BCUT2D eigenvalue weighted by Crippen LogP contribution is 2.11. The lowest BCUT2D eigenvalue weighted by atomic mass is 10.1. The van der Waals surface area contributed by atoms with Crippen LogP contribution in [0.2, 0.25) is 0 Å². The Hall–Kier alpha value is -1.90. The Morgan fingerprint density at radius 1 is 1.33 bits per heavy atom. The Morgan fingerprint density at radius 2 is 2.07 bits per heavy atom. The number of allylic oxidation sites excluding steroid dienone is 1. The van der Waals surface area contributed by atoms with Crippen LogP contribution in [-0.4, -0.2) is 9.78 Å². The molecule has 0 fully saturated rings. The predicted octanol–water partition coefficient (Wildman–Crippen LogP) is 2.90. The zero-order valence-corrected chi connectivity index (χ0v) is 8.23. The van der Waals surface area contributed by atoms with Crippen LogP contribution >= 0.6 is 0 Å². The van der Waals surface area contributed by atoms with Gasteiger partial charge in [0.05, 0.1) is 11.5 Å². The van der Waals surface area contributed by atoms with Gasteiger partial charge in [0.25, 0.3) is 0 Å². The van der Waals surface area contributed by atoms with Gasteiger partial charge in [0.15, 0.2) is 0 Å². The molecular formula is C12H11FN2. The third-order valence-corrected chi connectivity index (χ3v) is 2.10. The second-order valence-corrected chi connectivity index (χ2v) is 3.31. The monoisotopic (exact) mass is 202 g/mol. The second-order valence-electron chi connectivity index (χ2n) is 3.31. The van der Waals surface area contributed by atoms with E-state index in [0.29, 0.717) is 0 Å². The molecule has 0 spiro atoms. The fourth-order valence-electron chi connectivity index (χ4n) is 1.41. The fraction of sp³-hybridized carbons (Fsp3) is 0.0833. The summed E-state index contributed by atoms with van der Waals surface area (Å²) in [6.07, 6.45) is 3.86. The second kappa shape index (κ2) is 4.09. The number of hydrogen-bond acceptors (Lipinski definition) is 1. The van der Waals surface area contributed by atoms with Gasteiger partial charge in [-0.3, -0.25) is 0 Å². The fourth-order valence-corrected chi connectivity index (χ4v) is 1.41. The first-order valence-electron chi connectivity index (χ1n) is 4.68. The van der Waals surface area contributed by atoms with Gasteiger partial charge in [-0.1, -0.05) is 18.7 Å². The van der Waals surface area contributed by atoms with Crippen LogP contribution in [0.25, 0.3) is 5.69 Å². The molecule has 2 rings (SSSR count). The molecule has 1 heterocycles. The molecule has 3 heteroatoms. The van der Waals surface area contributed by atoms with Crippen LogP contribution in [0.3, 0.4) is 0 Å². The van der Waals surface area contributed by atoms with Gasteiger partial charge in [-0.15, -0.1) is 0 Å². The summed E-state index contributed by atoms with van der Waals surface area (Å²) in [5.74, 6) is -0.318. The summed E-state index contributed by atoms with van der Waals surface area (Å²) in [6.45, 7) is 3.24. The lowest BCUT2D eigenvalue weighted by Crippen LogP contribution is -1.94. The van der Waals surface area contributed by atoms with Crippen LogP contribution in [0.15, 0.2) is 55.1 Å². The van der Waals surface area contributed by atoms with Gasteiger partial charge in [0.2, 0.25) is 0 Å². The van der Waals surface area contributed by atoms with Crippen molar-refractivity contribution in [3.05, 3.63) is 60.7 Å². The summed E-state index contributed by atoms with van der Waals surface area (Å²) in [5.41, 5.74) is 1.88. The first kappa shape index (κ1) is 9.65. The number of benzene rings is 1. The van der Waals surface area contributed by atoms with Crippen LogP contribution in [0.5, 0.6) is 0 Å². The van der Waals surface area contributed by atoms with E-state index in [-0.39, 0.29) is 12.2 Å². The molecule has 0 unspecified atom stereocenters. The molecule has 0 amide bonds. The number of rotatable bonds is 3. The first-order valence-corrected chi connectivity index (χ1v) is 4.68. The average molecular weight is 202 g/mol. The molecule has 2 nitrogen and oxygen atoms in total. The maximum Gasteiger partial charge on any atom is 0.0971 e. The van der Waals surface area contributed by atoms with E-state index in [4.69, 9.17) is 0 Å². The molecule has 0 aliphatic rings. The smallest absolute Gasteiger partial charge is 0.0971 e. The number of aromatic nitrogens is 2. The van der Waals surface area contributed by atoms with E-state index >= 15 is 0 Å². The standard InChI is InChI=1S/C12H11FN2/c1-10(13)9-11-3-5-12(6-4-11)15-8-2-7-14-15/h2-8H,1,9H2. The van der Waals surface area contributed by atoms with E-state index in [9.17, 15) is 4.39 Å². The minimum absolute atomic E-state index is 0.277. The first-order chi connectivity index (χ1) is 7.25. The number of nitrogens with zero attached hydrogens (tertiary/aromatic N) is 2. The van der Waals surface area contributed by atoms with Crippen molar-refractivity contribution in [2.75, 3.05) is 0 Å². The molecule has 0 radical (unpaired) electrons. The van der Waals surface area contributed by atoms with Gasteiger partial charge in [-0.25, -0.2) is 9.07 Å². The highest BCUT2D eigenvalue weighted by molar-refractivity contribution is 5.34. The molecule has 0 saturated carbocycles. The van der Waals surface area contributed by atoms with Gasteiger partial charge >= 0.3 is 0 Å². The van der Waals surface area contributed by atoms with Crippen molar-refractivity contribution in [2.45, 2.75) is 6.42 Å². The predicted molar refractivity (Wildman–Crippen MR) is 57.5 cm³/mol. The SMILES string of the molecule is C=C(F)Cc1ccc(-n2cccn2)cc1. The van der Waals surface area contributed by atoms with Crippen molar-refractivity contribution < 1.29 is 4.39 Å². The van der Waals surface area contributed by atoms with Gasteiger partial charge in [-0.05, 0) is 23.8 Å². The third kappa shape index (κ3) is 2.31. The Balaban J connectivity index is 2.21. The van der Waals surface area contributed by atoms with Crippen LogP contribution < -0.4 is 0 Å². The minimum atomic E-state index is -0.318. The maximum atomic E-state index is 12.5. The third-order valence-electron chi connectivity index (χ3n) is 2.10. The topological polar surface area (TPSA) is 17.8 Å². The van der Waals surface area contributed by atoms with E-state index < -0.39 is 0 Å². The zero-order valence-electron chi connectivity index (χ0n) is 8.23. The summed E-state index contributed by atoms with van der Waals surface area (Å²) in [6, 6.07) is 9.43. The molecule has 0 bridgehead atoms. The Labute approximate surface area is 87.7 Å². The van der Waals surface area contributed by atoms with Gasteiger partial charge < -0.3 is 0 Å². The van der Waals surface area contributed by atoms with E-state index in [2.05, 4.69) is 11.7 Å². The largest absolute Gasteiger partial charge is 0.241 e. The zero-order chi connectivity index (χ0) is 10.7. The van der Waals surface area contributed by atoms with Crippen molar-refractivity contribution >= 4 is 0 Å². The average Bonchev–Trinajstić information content (AvgIpc) is 2.71. The van der Waals surface area contributed by atoms with Crippen molar-refractivity contribution in [2.24, 2.45) is 0 Å². The van der Waals surface area contributed by atoms with Crippen molar-refractivity contribution in [3.8, 4) is 5.69 Å². The summed E-state index contributed by atoms with van der Waals surface area (Å²) in [4.78, 5) is 0. The van der Waals surface area contributed by atoms with Crippen LogP contribution in [-0.2, 0) is 6.42 Å². The summed E-state index contributed by atoms with van der Waals surface area (Å²) in [5, 5.41) is 4.10. The summed E-state index contributed by atoms with van der Waals surface area (Å²) < 4.78 is 14.3. The van der Waals surface area contributed by atoms with E-state index in [1.165, 1.54) is 0 Å². The molecule has 0 saturated heterocycles. The van der Waals surface area contributed by atoms with Gasteiger partial charge in [0, 0.05) is 18.8 Å². The van der Waals surface area contributed by atoms with Crippen molar-refractivity contribution in [1.29, 1.82) is 0 Å². The van der Waals surface area contributed by atoms with Crippen LogP contribution in [0.1, 0.15) is 5.56 Å². The van der Waals surface area contributed by atoms with E-state index in [1.807, 2.05) is 36.5 Å². The normalized spacial score (nSPS) is 10.2. The van der Waals surface area contributed by atoms with Crippen molar-refractivity contribution in [3.63, 3.8) is 0 Å². The quantitative estimate of drug-likeness (QED) is 0.748. The molecule has 76 valence electrons. The Kier molecular flexibility index (Phi) is 2.63. The minimum Gasteiger partial charge on any atom is -0.241 e. The van der Waals surface area contributed by atoms with Gasteiger partial charge in [0.1, 0.15) is 0 Å². The molecule has 2 aromatic rings. The molecule has 0 aliphatic carbocycles. The molecule has 15 heavy (non-hydrogen) atoms. The summed E-state index contributed by atoms with van der Waals surface area (Å²) >= 11 is 0. The van der Waals surface area contributed by atoms with E-state index in [1.54, 1.807) is 10.9 Å². The summed E-state index contributed by atoms with van der Waals surface area (Å²) in [7, 11) is 0. The molecule has 0 atom stereocenters. The van der Waals surface area contributed by atoms with Crippen LogP contribution in [0.4, 0.5) is 4.39 Å². The maximum absolute atomic E-state index is 12.5.